The van der Waals surface area contributed by atoms with Crippen LogP contribution in [0, 0.1) is 0 Å². The van der Waals surface area contributed by atoms with Gasteiger partial charge in [0.2, 0.25) is 5.88 Å². The quantitative estimate of drug-likeness (QED) is 0.499. The van der Waals surface area contributed by atoms with Crippen molar-refractivity contribution >= 4 is 22.8 Å². The van der Waals surface area contributed by atoms with E-state index in [4.69, 9.17) is 4.74 Å². The summed E-state index contributed by atoms with van der Waals surface area (Å²) >= 11 is 0. The number of hydrogen-bond donors (Lipinski definition) is 2. The van der Waals surface area contributed by atoms with E-state index >= 15 is 0 Å². The Morgan fingerprint density at radius 3 is 2.94 bits per heavy atom. The fourth-order valence-electron chi connectivity index (χ4n) is 4.31. The van der Waals surface area contributed by atoms with Crippen molar-refractivity contribution < 1.29 is 9.53 Å². The van der Waals surface area contributed by atoms with Gasteiger partial charge in [-0.3, -0.25) is 14.6 Å². The molecule has 1 aliphatic heterocycles. The van der Waals surface area contributed by atoms with Crippen LogP contribution >= 0.6 is 0 Å². The van der Waals surface area contributed by atoms with E-state index in [2.05, 4.69) is 32.6 Å². The van der Waals surface area contributed by atoms with Gasteiger partial charge >= 0.3 is 6.03 Å². The lowest BCUT2D eigenvalue weighted by atomic mass is 10.1. The largest absolute Gasteiger partial charge is 0.439 e. The molecule has 1 aliphatic carbocycles. The van der Waals surface area contributed by atoms with E-state index in [-0.39, 0.29) is 11.4 Å². The van der Waals surface area contributed by atoms with Gasteiger partial charge in [0.15, 0.2) is 0 Å². The molecule has 2 aliphatic rings. The summed E-state index contributed by atoms with van der Waals surface area (Å²) < 4.78 is 9.43. The van der Waals surface area contributed by atoms with Crippen LogP contribution in [0.3, 0.4) is 0 Å². The van der Waals surface area contributed by atoms with Gasteiger partial charge in [0, 0.05) is 42.2 Å². The first-order chi connectivity index (χ1) is 16.0. The maximum atomic E-state index is 13.0. The number of amides is 1. The van der Waals surface area contributed by atoms with Crippen LogP contribution in [0.15, 0.2) is 42.9 Å². The normalized spacial score (nSPS) is 16.4. The Labute approximate surface area is 190 Å². The highest BCUT2D eigenvalue weighted by atomic mass is 16.5. The van der Waals surface area contributed by atoms with E-state index in [1.807, 2.05) is 37.4 Å². The van der Waals surface area contributed by atoms with E-state index in [0.717, 1.165) is 60.2 Å². The first kappa shape index (κ1) is 19.9. The Balaban J connectivity index is 1.24. The van der Waals surface area contributed by atoms with Gasteiger partial charge in [0.05, 0.1) is 16.9 Å². The summed E-state index contributed by atoms with van der Waals surface area (Å²) in [7, 11) is 1.85. The molecule has 33 heavy (non-hydrogen) atoms. The molecular weight excluding hydrogens is 418 g/mol. The molecule has 168 valence electrons. The van der Waals surface area contributed by atoms with Gasteiger partial charge < -0.3 is 10.1 Å². The minimum absolute atomic E-state index is 0.150. The second-order valence-electron chi connectivity index (χ2n) is 9.07. The Bertz CT molecular complexity index is 1380. The number of benzene rings is 1. The second kappa shape index (κ2) is 7.41. The van der Waals surface area contributed by atoms with Crippen LogP contribution in [-0.2, 0) is 25.4 Å². The summed E-state index contributed by atoms with van der Waals surface area (Å²) in [4.78, 5) is 21.7. The minimum Gasteiger partial charge on any atom is -0.439 e. The standard InChI is InChI=1S/C24H25N7O2/c1-24(7-8-24)20-12-21(30(2)29-20)28-23(32)31-10-6-15-11-16(3-4-19(15)31)33-22-17-5-9-25-13-18(17)26-14-27-22/h3-4,6,10-12,14,25H,5,7-9,13H2,1-2H3,(H,28,32). The molecule has 9 heteroatoms. The van der Waals surface area contributed by atoms with Crippen LogP contribution in [0.5, 0.6) is 11.6 Å². The van der Waals surface area contributed by atoms with Gasteiger partial charge in [-0.05, 0) is 50.1 Å². The Morgan fingerprint density at radius 2 is 2.09 bits per heavy atom. The van der Waals surface area contributed by atoms with Crippen LogP contribution in [-0.4, -0.2) is 36.9 Å². The van der Waals surface area contributed by atoms with Crippen molar-refractivity contribution in [1.82, 2.24) is 29.6 Å². The third-order valence-corrected chi connectivity index (χ3v) is 6.67. The summed E-state index contributed by atoms with van der Waals surface area (Å²) in [5.74, 6) is 1.95. The number of rotatable bonds is 4. The number of aryl methyl sites for hydroxylation is 1. The molecule has 1 aromatic carbocycles. The van der Waals surface area contributed by atoms with Crippen molar-refractivity contribution in [2.75, 3.05) is 11.9 Å². The van der Waals surface area contributed by atoms with Crippen molar-refractivity contribution in [1.29, 1.82) is 0 Å². The molecule has 1 saturated carbocycles. The van der Waals surface area contributed by atoms with Crippen LogP contribution in [0.2, 0.25) is 0 Å². The first-order valence-corrected chi connectivity index (χ1v) is 11.2. The highest BCUT2D eigenvalue weighted by Gasteiger charge is 2.41. The van der Waals surface area contributed by atoms with E-state index < -0.39 is 0 Å². The summed E-state index contributed by atoms with van der Waals surface area (Å²) in [5.41, 5.74) is 4.00. The average Bonchev–Trinajstić information content (AvgIpc) is 3.26. The predicted octanol–water partition coefficient (Wildman–Crippen LogP) is 3.73. The summed E-state index contributed by atoms with van der Waals surface area (Å²) in [6.07, 6.45) is 6.41. The highest BCUT2D eigenvalue weighted by Crippen LogP contribution is 2.47. The van der Waals surface area contributed by atoms with Crippen LogP contribution < -0.4 is 15.4 Å². The summed E-state index contributed by atoms with van der Waals surface area (Å²) in [5, 5.41) is 11.8. The van der Waals surface area contributed by atoms with Crippen LogP contribution in [0.25, 0.3) is 10.9 Å². The van der Waals surface area contributed by atoms with Crippen molar-refractivity contribution in [3.05, 3.63) is 59.8 Å². The fraction of sp³-hybridized carbons (Fsp3) is 0.333. The Morgan fingerprint density at radius 1 is 1.21 bits per heavy atom. The molecular formula is C24H25N7O2. The summed E-state index contributed by atoms with van der Waals surface area (Å²) in [6, 6.07) is 9.32. The van der Waals surface area contributed by atoms with Crippen LogP contribution in [0.1, 0.15) is 36.7 Å². The van der Waals surface area contributed by atoms with E-state index in [9.17, 15) is 4.79 Å². The number of nitrogens with one attached hydrogen (secondary N) is 2. The number of carbonyl (C=O) groups excluding carboxylic acids is 1. The Hall–Kier alpha value is -3.72. The van der Waals surface area contributed by atoms with Crippen molar-refractivity contribution in [3.8, 4) is 11.6 Å². The average molecular weight is 444 g/mol. The zero-order valence-electron chi connectivity index (χ0n) is 18.6. The topological polar surface area (TPSA) is 98.9 Å². The van der Waals surface area contributed by atoms with Gasteiger partial charge in [0.1, 0.15) is 17.9 Å². The molecule has 6 rings (SSSR count). The molecule has 0 saturated heterocycles. The number of fused-ring (bicyclic) bond motifs is 2. The predicted molar refractivity (Wildman–Crippen MR) is 124 cm³/mol. The van der Waals surface area contributed by atoms with Crippen LogP contribution in [0.4, 0.5) is 10.6 Å². The molecule has 3 aromatic heterocycles. The molecule has 4 aromatic rings. The molecule has 0 unspecified atom stereocenters. The molecule has 0 bridgehead atoms. The minimum atomic E-state index is -0.230. The monoisotopic (exact) mass is 443 g/mol. The number of carbonyl (C=O) groups is 1. The van der Waals surface area contributed by atoms with Crippen molar-refractivity contribution in [2.45, 2.75) is 38.1 Å². The molecule has 2 N–H and O–H groups in total. The van der Waals surface area contributed by atoms with E-state index in [1.54, 1.807) is 15.4 Å². The molecule has 9 nitrogen and oxygen atoms in total. The molecule has 0 radical (unpaired) electrons. The Kier molecular flexibility index (Phi) is 4.48. The van der Waals surface area contributed by atoms with E-state index in [1.165, 1.54) is 6.33 Å². The summed E-state index contributed by atoms with van der Waals surface area (Å²) in [6.45, 7) is 3.81. The maximum Gasteiger partial charge on any atom is 0.331 e. The lowest BCUT2D eigenvalue weighted by Gasteiger charge is -2.18. The van der Waals surface area contributed by atoms with Gasteiger partial charge in [-0.15, -0.1) is 0 Å². The van der Waals surface area contributed by atoms with E-state index in [0.29, 0.717) is 17.4 Å². The highest BCUT2D eigenvalue weighted by molar-refractivity contribution is 5.98. The molecule has 1 fully saturated rings. The second-order valence-corrected chi connectivity index (χ2v) is 9.07. The fourth-order valence-corrected chi connectivity index (χ4v) is 4.31. The molecule has 4 heterocycles. The number of ether oxygens (including phenoxy) is 1. The lowest BCUT2D eigenvalue weighted by Crippen LogP contribution is -2.25. The van der Waals surface area contributed by atoms with Gasteiger partial charge in [-0.1, -0.05) is 6.92 Å². The number of aromatic nitrogens is 5. The number of anilines is 1. The number of nitrogens with zero attached hydrogens (tertiary/aromatic N) is 5. The van der Waals surface area contributed by atoms with Gasteiger partial charge in [-0.2, -0.15) is 5.10 Å². The molecule has 0 atom stereocenters. The van der Waals surface area contributed by atoms with Crippen molar-refractivity contribution in [2.24, 2.45) is 7.05 Å². The third-order valence-electron chi connectivity index (χ3n) is 6.67. The van der Waals surface area contributed by atoms with Gasteiger partial charge in [0.25, 0.3) is 0 Å². The first-order valence-electron chi connectivity index (χ1n) is 11.2. The smallest absolute Gasteiger partial charge is 0.331 e. The van der Waals surface area contributed by atoms with Crippen molar-refractivity contribution in [3.63, 3.8) is 0 Å². The van der Waals surface area contributed by atoms with Gasteiger partial charge in [-0.25, -0.2) is 14.8 Å². The lowest BCUT2D eigenvalue weighted by molar-refractivity contribution is 0.254. The third kappa shape index (κ3) is 3.54. The zero-order valence-corrected chi connectivity index (χ0v) is 18.6. The molecule has 0 spiro atoms. The maximum absolute atomic E-state index is 13.0. The zero-order chi connectivity index (χ0) is 22.6. The molecule has 1 amide bonds. The SMILES string of the molecule is Cn1nc(C2(C)CC2)cc1NC(=O)n1ccc2cc(Oc3ncnc4c3CCNC4)ccc21. The number of hydrogen-bond acceptors (Lipinski definition) is 6.